The van der Waals surface area contributed by atoms with Crippen molar-refractivity contribution in [2.45, 2.75) is 19.4 Å². The number of amides is 1. The number of esters is 1. The summed E-state index contributed by atoms with van der Waals surface area (Å²) in [6.07, 6.45) is 0.0104. The van der Waals surface area contributed by atoms with Crippen molar-refractivity contribution in [1.82, 2.24) is 10.3 Å². The summed E-state index contributed by atoms with van der Waals surface area (Å²) in [6.45, 7) is 1.97. The number of rotatable bonds is 8. The highest BCUT2D eigenvalue weighted by atomic mass is 16.5. The van der Waals surface area contributed by atoms with Crippen LogP contribution >= 0.6 is 0 Å². The van der Waals surface area contributed by atoms with Gasteiger partial charge in [0.15, 0.2) is 11.5 Å². The smallest absolute Gasteiger partial charge is 0.307 e. The fraction of sp³-hybridized carbons (Fsp3) is 0.304. The normalized spacial score (nSPS) is 11.6. The van der Waals surface area contributed by atoms with Gasteiger partial charge in [0.2, 0.25) is 5.75 Å². The van der Waals surface area contributed by atoms with Crippen LogP contribution in [0.2, 0.25) is 0 Å². The molecule has 0 aliphatic carbocycles. The van der Waals surface area contributed by atoms with E-state index in [2.05, 4.69) is 10.3 Å². The molecular formula is C23H26N2O6. The van der Waals surface area contributed by atoms with Gasteiger partial charge >= 0.3 is 5.97 Å². The molecule has 1 heterocycles. The number of fused-ring (bicyclic) bond motifs is 1. The predicted molar refractivity (Wildman–Crippen MR) is 116 cm³/mol. The molecular weight excluding hydrogens is 400 g/mol. The first-order valence-electron chi connectivity index (χ1n) is 9.67. The Morgan fingerprint density at radius 2 is 1.65 bits per heavy atom. The number of ether oxygens (including phenoxy) is 4. The van der Waals surface area contributed by atoms with Crippen LogP contribution in [-0.4, -0.2) is 45.3 Å². The van der Waals surface area contributed by atoms with E-state index in [0.29, 0.717) is 28.5 Å². The van der Waals surface area contributed by atoms with Crippen LogP contribution in [0.15, 0.2) is 36.4 Å². The fourth-order valence-corrected chi connectivity index (χ4v) is 3.40. The molecule has 164 valence electrons. The lowest BCUT2D eigenvalue weighted by molar-refractivity contribution is -0.141. The zero-order valence-corrected chi connectivity index (χ0v) is 18.2. The number of methoxy groups -OCH3 is 4. The monoisotopic (exact) mass is 426 g/mol. The molecule has 3 rings (SSSR count). The minimum absolute atomic E-state index is 0.0104. The maximum absolute atomic E-state index is 13.0. The van der Waals surface area contributed by atoms with Crippen molar-refractivity contribution in [3.8, 4) is 17.2 Å². The Balaban J connectivity index is 1.96. The number of hydrogen-bond acceptors (Lipinski definition) is 6. The summed E-state index contributed by atoms with van der Waals surface area (Å²) in [5.41, 5.74) is 2.80. The first-order chi connectivity index (χ1) is 14.9. The number of H-pyrrole nitrogens is 1. The molecule has 0 saturated carbocycles. The molecule has 1 aromatic heterocycles. The number of carbonyl (C=O) groups excluding carboxylic acids is 2. The summed E-state index contributed by atoms with van der Waals surface area (Å²) >= 11 is 0. The lowest BCUT2D eigenvalue weighted by atomic mass is 10.0. The van der Waals surface area contributed by atoms with Crippen molar-refractivity contribution in [3.63, 3.8) is 0 Å². The third-order valence-electron chi connectivity index (χ3n) is 5.05. The molecule has 0 bridgehead atoms. The first-order valence-corrected chi connectivity index (χ1v) is 9.67. The van der Waals surface area contributed by atoms with Gasteiger partial charge in [0.05, 0.1) is 46.4 Å². The van der Waals surface area contributed by atoms with E-state index >= 15 is 0 Å². The van der Waals surface area contributed by atoms with Crippen molar-refractivity contribution >= 4 is 22.8 Å². The average molecular weight is 426 g/mol. The number of benzene rings is 2. The standard InChI is InChI=1S/C23H26N2O6/c1-13-6-8-14(9-7-13)16(12-19(26)29-3)25-23(27)17-10-15-11-18(28-2)21(30-4)22(31-5)20(15)24-17/h6-11,16,24H,12H2,1-5H3,(H,25,27). The van der Waals surface area contributed by atoms with E-state index in [1.165, 1.54) is 28.4 Å². The molecule has 0 spiro atoms. The molecule has 8 heteroatoms. The number of carbonyl (C=O) groups is 2. The van der Waals surface area contributed by atoms with Crippen molar-refractivity contribution in [3.05, 3.63) is 53.2 Å². The predicted octanol–water partition coefficient (Wildman–Crippen LogP) is 3.54. The van der Waals surface area contributed by atoms with Crippen LogP contribution in [0, 0.1) is 6.92 Å². The number of aromatic amines is 1. The highest BCUT2D eigenvalue weighted by molar-refractivity contribution is 6.01. The fourth-order valence-electron chi connectivity index (χ4n) is 3.40. The summed E-state index contributed by atoms with van der Waals surface area (Å²) in [6, 6.07) is 10.5. The topological polar surface area (TPSA) is 98.9 Å². The Kier molecular flexibility index (Phi) is 6.69. The Morgan fingerprint density at radius 3 is 2.23 bits per heavy atom. The molecule has 8 nitrogen and oxygen atoms in total. The number of aromatic nitrogens is 1. The molecule has 2 N–H and O–H groups in total. The van der Waals surface area contributed by atoms with E-state index in [9.17, 15) is 9.59 Å². The highest BCUT2D eigenvalue weighted by Gasteiger charge is 2.23. The van der Waals surface area contributed by atoms with E-state index < -0.39 is 12.0 Å². The maximum atomic E-state index is 13.0. The van der Waals surface area contributed by atoms with Crippen LogP contribution in [0.25, 0.3) is 10.9 Å². The Morgan fingerprint density at radius 1 is 0.968 bits per heavy atom. The molecule has 1 amide bonds. The van der Waals surface area contributed by atoms with Gasteiger partial charge in [-0.3, -0.25) is 9.59 Å². The Bertz CT molecular complexity index is 1090. The van der Waals surface area contributed by atoms with Crippen LogP contribution in [0.4, 0.5) is 0 Å². The Labute approximate surface area is 180 Å². The quantitative estimate of drug-likeness (QED) is 0.535. The van der Waals surface area contributed by atoms with Crippen LogP contribution in [-0.2, 0) is 9.53 Å². The first kappa shape index (κ1) is 22.0. The van der Waals surface area contributed by atoms with Gasteiger partial charge in [-0.1, -0.05) is 29.8 Å². The number of nitrogens with one attached hydrogen (secondary N) is 2. The van der Waals surface area contributed by atoms with Crippen molar-refractivity contribution in [1.29, 1.82) is 0 Å². The lowest BCUT2D eigenvalue weighted by Crippen LogP contribution is -2.30. The number of hydrogen-bond donors (Lipinski definition) is 2. The van der Waals surface area contributed by atoms with Crippen LogP contribution in [0.5, 0.6) is 17.2 Å². The van der Waals surface area contributed by atoms with E-state index in [1.807, 2.05) is 31.2 Å². The average Bonchev–Trinajstić information content (AvgIpc) is 3.21. The lowest BCUT2D eigenvalue weighted by Gasteiger charge is -2.18. The summed E-state index contributed by atoms with van der Waals surface area (Å²) in [5.74, 6) is 0.556. The van der Waals surface area contributed by atoms with Gasteiger partial charge in [0, 0.05) is 5.39 Å². The van der Waals surface area contributed by atoms with E-state index in [1.54, 1.807) is 12.1 Å². The molecule has 1 atom stereocenters. The number of aryl methyl sites for hydroxylation is 1. The largest absolute Gasteiger partial charge is 0.493 e. The van der Waals surface area contributed by atoms with E-state index in [4.69, 9.17) is 18.9 Å². The molecule has 3 aromatic rings. The second-order valence-corrected chi connectivity index (χ2v) is 7.01. The van der Waals surface area contributed by atoms with Gasteiger partial charge < -0.3 is 29.2 Å². The van der Waals surface area contributed by atoms with Gasteiger partial charge in [-0.2, -0.15) is 0 Å². The minimum atomic E-state index is -0.544. The molecule has 1 unspecified atom stereocenters. The second kappa shape index (κ2) is 9.42. The Hall–Kier alpha value is -3.68. The van der Waals surface area contributed by atoms with E-state index in [-0.39, 0.29) is 12.3 Å². The summed E-state index contributed by atoms with van der Waals surface area (Å²) in [5, 5.41) is 3.64. The van der Waals surface area contributed by atoms with Crippen LogP contribution in [0.3, 0.4) is 0 Å². The van der Waals surface area contributed by atoms with E-state index in [0.717, 1.165) is 16.5 Å². The van der Waals surface area contributed by atoms with Gasteiger partial charge in [-0.25, -0.2) is 0 Å². The SMILES string of the molecule is COC(=O)CC(NC(=O)c1cc2cc(OC)c(OC)c(OC)c2[nH]1)c1ccc(C)cc1. The zero-order valence-electron chi connectivity index (χ0n) is 18.2. The molecule has 0 aliphatic heterocycles. The van der Waals surface area contributed by atoms with Crippen molar-refractivity contribution < 1.29 is 28.5 Å². The molecule has 0 saturated heterocycles. The third kappa shape index (κ3) is 4.58. The van der Waals surface area contributed by atoms with Crippen molar-refractivity contribution in [2.75, 3.05) is 28.4 Å². The molecule has 0 fully saturated rings. The van der Waals surface area contributed by atoms with Crippen molar-refractivity contribution in [2.24, 2.45) is 0 Å². The molecule has 0 radical (unpaired) electrons. The summed E-state index contributed by atoms with van der Waals surface area (Å²) in [7, 11) is 5.88. The van der Waals surface area contributed by atoms with Crippen LogP contribution < -0.4 is 19.5 Å². The van der Waals surface area contributed by atoms with Gasteiger partial charge in [-0.05, 0) is 24.6 Å². The van der Waals surface area contributed by atoms with Gasteiger partial charge in [0.25, 0.3) is 5.91 Å². The zero-order chi connectivity index (χ0) is 22.5. The van der Waals surface area contributed by atoms with Gasteiger partial charge in [-0.15, -0.1) is 0 Å². The third-order valence-corrected chi connectivity index (χ3v) is 5.05. The maximum Gasteiger partial charge on any atom is 0.307 e. The minimum Gasteiger partial charge on any atom is -0.493 e. The molecule has 2 aromatic carbocycles. The van der Waals surface area contributed by atoms with Crippen LogP contribution in [0.1, 0.15) is 34.1 Å². The molecule has 31 heavy (non-hydrogen) atoms. The molecule has 0 aliphatic rings. The summed E-state index contributed by atoms with van der Waals surface area (Å²) in [4.78, 5) is 28.1. The highest BCUT2D eigenvalue weighted by Crippen LogP contribution is 2.43. The van der Waals surface area contributed by atoms with Gasteiger partial charge in [0.1, 0.15) is 5.69 Å². The summed E-state index contributed by atoms with van der Waals surface area (Å²) < 4.78 is 21.1. The second-order valence-electron chi connectivity index (χ2n) is 7.01.